The largest absolute Gasteiger partial charge is 0.483 e. The number of hydrogen-bond donors (Lipinski definition) is 0. The zero-order valence-corrected chi connectivity index (χ0v) is 16.5. The van der Waals surface area contributed by atoms with Crippen LogP contribution in [0.4, 0.5) is 5.69 Å². The van der Waals surface area contributed by atoms with Gasteiger partial charge in [0.1, 0.15) is 5.75 Å². The van der Waals surface area contributed by atoms with E-state index in [1.54, 1.807) is 33.9 Å². The fourth-order valence-corrected chi connectivity index (χ4v) is 3.71. The summed E-state index contributed by atoms with van der Waals surface area (Å²) in [6.45, 7) is 4.14. The average Bonchev–Trinajstić information content (AvgIpc) is 3.18. The lowest BCUT2D eigenvalue weighted by atomic mass is 10.1. The van der Waals surface area contributed by atoms with Crippen molar-refractivity contribution in [3.63, 3.8) is 0 Å². The summed E-state index contributed by atoms with van der Waals surface area (Å²) in [5.41, 5.74) is 2.04. The van der Waals surface area contributed by atoms with Crippen LogP contribution >= 0.6 is 0 Å². The Labute approximate surface area is 169 Å². The SMILES string of the molecule is CCOCCn1ccc2c(OCC(=O)N3CCc4ccccc43)cccc2c1=O. The van der Waals surface area contributed by atoms with Gasteiger partial charge in [0.15, 0.2) is 6.61 Å². The Hall–Kier alpha value is -3.12. The first kappa shape index (κ1) is 19.2. The molecule has 0 radical (unpaired) electrons. The highest BCUT2D eigenvalue weighted by Crippen LogP contribution is 2.28. The third-order valence-electron chi connectivity index (χ3n) is 5.20. The standard InChI is InChI=1S/C23H24N2O4/c1-2-28-15-14-24-12-11-18-19(23(24)27)7-5-9-21(18)29-16-22(26)25-13-10-17-6-3-4-8-20(17)25/h3-9,11-12H,2,10,13-16H2,1H3. The molecule has 0 saturated heterocycles. The average molecular weight is 392 g/mol. The van der Waals surface area contributed by atoms with Gasteiger partial charge in [0.25, 0.3) is 11.5 Å². The molecule has 0 N–H and O–H groups in total. The number of anilines is 1. The molecule has 0 aliphatic carbocycles. The maximum atomic E-state index is 12.7. The van der Waals surface area contributed by atoms with E-state index < -0.39 is 0 Å². The second-order valence-corrected chi connectivity index (χ2v) is 6.94. The highest BCUT2D eigenvalue weighted by molar-refractivity contribution is 5.97. The number of rotatable bonds is 7. The van der Waals surface area contributed by atoms with Crippen LogP contribution in [0.3, 0.4) is 0 Å². The van der Waals surface area contributed by atoms with E-state index in [0.29, 0.717) is 42.8 Å². The molecular formula is C23H24N2O4. The summed E-state index contributed by atoms with van der Waals surface area (Å²) in [7, 11) is 0. The third kappa shape index (κ3) is 3.89. The fraction of sp³-hybridized carbons (Fsp3) is 0.304. The third-order valence-corrected chi connectivity index (χ3v) is 5.20. The van der Waals surface area contributed by atoms with Crippen molar-refractivity contribution in [2.24, 2.45) is 0 Å². The number of para-hydroxylation sites is 1. The highest BCUT2D eigenvalue weighted by atomic mass is 16.5. The molecule has 6 heteroatoms. The fourth-order valence-electron chi connectivity index (χ4n) is 3.71. The first-order chi connectivity index (χ1) is 14.2. The molecule has 4 rings (SSSR count). The predicted molar refractivity (Wildman–Crippen MR) is 113 cm³/mol. The summed E-state index contributed by atoms with van der Waals surface area (Å²) < 4.78 is 12.8. The van der Waals surface area contributed by atoms with E-state index in [2.05, 4.69) is 0 Å². The smallest absolute Gasteiger partial charge is 0.264 e. The molecule has 1 aliphatic heterocycles. The molecular weight excluding hydrogens is 368 g/mol. The van der Waals surface area contributed by atoms with Gasteiger partial charge < -0.3 is 18.9 Å². The lowest BCUT2D eigenvalue weighted by Gasteiger charge is -2.18. The Bertz CT molecular complexity index is 1090. The zero-order chi connectivity index (χ0) is 20.2. The van der Waals surface area contributed by atoms with Gasteiger partial charge in [-0.3, -0.25) is 9.59 Å². The lowest BCUT2D eigenvalue weighted by molar-refractivity contribution is -0.120. The van der Waals surface area contributed by atoms with Gasteiger partial charge in [-0.25, -0.2) is 0 Å². The number of carbonyl (C=O) groups is 1. The number of fused-ring (bicyclic) bond motifs is 2. The highest BCUT2D eigenvalue weighted by Gasteiger charge is 2.24. The first-order valence-electron chi connectivity index (χ1n) is 9.90. The van der Waals surface area contributed by atoms with Crippen LogP contribution in [0.1, 0.15) is 12.5 Å². The molecule has 0 saturated carbocycles. The van der Waals surface area contributed by atoms with E-state index in [-0.39, 0.29) is 18.1 Å². The van der Waals surface area contributed by atoms with E-state index in [4.69, 9.17) is 9.47 Å². The van der Waals surface area contributed by atoms with Crippen LogP contribution in [0.25, 0.3) is 10.8 Å². The Balaban J connectivity index is 1.51. The summed E-state index contributed by atoms with van der Waals surface area (Å²) in [6.07, 6.45) is 2.60. The number of aromatic nitrogens is 1. The van der Waals surface area contributed by atoms with Crippen molar-refractivity contribution in [2.45, 2.75) is 19.9 Å². The number of carbonyl (C=O) groups excluding carboxylic acids is 1. The van der Waals surface area contributed by atoms with Crippen LogP contribution in [-0.2, 0) is 22.5 Å². The molecule has 3 aromatic rings. The van der Waals surface area contributed by atoms with Gasteiger partial charge in [-0.2, -0.15) is 0 Å². The van der Waals surface area contributed by atoms with E-state index in [9.17, 15) is 9.59 Å². The molecule has 2 aromatic carbocycles. The van der Waals surface area contributed by atoms with Crippen LogP contribution in [0.5, 0.6) is 5.75 Å². The molecule has 0 unspecified atom stereocenters. The molecule has 1 amide bonds. The number of benzene rings is 2. The quantitative estimate of drug-likeness (QED) is 0.580. The van der Waals surface area contributed by atoms with Crippen molar-refractivity contribution in [1.29, 1.82) is 0 Å². The van der Waals surface area contributed by atoms with Crippen molar-refractivity contribution in [2.75, 3.05) is 31.3 Å². The summed E-state index contributed by atoms with van der Waals surface area (Å²) in [5.74, 6) is 0.453. The summed E-state index contributed by atoms with van der Waals surface area (Å²) in [5, 5.41) is 1.28. The van der Waals surface area contributed by atoms with Gasteiger partial charge in [0.2, 0.25) is 0 Å². The molecule has 1 aliphatic rings. The van der Waals surface area contributed by atoms with Crippen molar-refractivity contribution in [3.8, 4) is 5.75 Å². The monoisotopic (exact) mass is 392 g/mol. The molecule has 2 heterocycles. The van der Waals surface area contributed by atoms with Crippen LogP contribution in [-0.4, -0.2) is 36.8 Å². The van der Waals surface area contributed by atoms with Crippen LogP contribution in [0.15, 0.2) is 59.5 Å². The minimum atomic E-state index is -0.0903. The van der Waals surface area contributed by atoms with Gasteiger partial charge in [-0.1, -0.05) is 24.3 Å². The van der Waals surface area contributed by atoms with Crippen LogP contribution in [0, 0.1) is 0 Å². The van der Waals surface area contributed by atoms with Gasteiger partial charge in [0.05, 0.1) is 12.0 Å². The van der Waals surface area contributed by atoms with Gasteiger partial charge >= 0.3 is 0 Å². The Morgan fingerprint density at radius 1 is 1.07 bits per heavy atom. The van der Waals surface area contributed by atoms with Crippen LogP contribution in [0.2, 0.25) is 0 Å². The predicted octanol–water partition coefficient (Wildman–Crippen LogP) is 3.01. The lowest BCUT2D eigenvalue weighted by Crippen LogP contribution is -2.33. The number of ether oxygens (including phenoxy) is 2. The van der Waals surface area contributed by atoms with Crippen LogP contribution < -0.4 is 15.2 Å². The minimum Gasteiger partial charge on any atom is -0.483 e. The molecule has 1 aromatic heterocycles. The van der Waals surface area contributed by atoms with Gasteiger partial charge in [0, 0.05) is 37.0 Å². The van der Waals surface area contributed by atoms with E-state index in [1.165, 1.54) is 5.56 Å². The Morgan fingerprint density at radius 2 is 1.93 bits per heavy atom. The number of hydrogen-bond acceptors (Lipinski definition) is 4. The second-order valence-electron chi connectivity index (χ2n) is 6.94. The number of pyridine rings is 1. The summed E-state index contributed by atoms with van der Waals surface area (Å²) in [6, 6.07) is 15.1. The summed E-state index contributed by atoms with van der Waals surface area (Å²) >= 11 is 0. The number of amides is 1. The van der Waals surface area contributed by atoms with E-state index in [0.717, 1.165) is 12.1 Å². The van der Waals surface area contributed by atoms with Crippen molar-refractivity contribution in [3.05, 3.63) is 70.6 Å². The normalized spacial score (nSPS) is 12.9. The molecule has 29 heavy (non-hydrogen) atoms. The Morgan fingerprint density at radius 3 is 2.79 bits per heavy atom. The molecule has 150 valence electrons. The zero-order valence-electron chi connectivity index (χ0n) is 16.5. The maximum absolute atomic E-state index is 12.7. The minimum absolute atomic E-state index is 0.0686. The first-order valence-corrected chi connectivity index (χ1v) is 9.90. The van der Waals surface area contributed by atoms with Crippen molar-refractivity contribution < 1.29 is 14.3 Å². The van der Waals surface area contributed by atoms with Gasteiger partial charge in [-0.05, 0) is 43.2 Å². The molecule has 6 nitrogen and oxygen atoms in total. The van der Waals surface area contributed by atoms with E-state index in [1.807, 2.05) is 37.3 Å². The Kier molecular flexibility index (Phi) is 5.62. The maximum Gasteiger partial charge on any atom is 0.264 e. The van der Waals surface area contributed by atoms with Crippen molar-refractivity contribution in [1.82, 2.24) is 4.57 Å². The number of nitrogens with zero attached hydrogens (tertiary/aromatic N) is 2. The molecule has 0 atom stereocenters. The molecule has 0 bridgehead atoms. The summed E-state index contributed by atoms with van der Waals surface area (Å²) in [4.78, 5) is 27.2. The topological polar surface area (TPSA) is 60.8 Å². The molecule has 0 spiro atoms. The van der Waals surface area contributed by atoms with Gasteiger partial charge in [-0.15, -0.1) is 0 Å². The molecule has 0 fully saturated rings. The van der Waals surface area contributed by atoms with Crippen molar-refractivity contribution >= 4 is 22.4 Å². The van der Waals surface area contributed by atoms with E-state index >= 15 is 0 Å². The second kappa shape index (κ2) is 8.49.